The van der Waals surface area contributed by atoms with Crippen molar-refractivity contribution in [1.82, 2.24) is 13.7 Å². The van der Waals surface area contributed by atoms with E-state index in [1.807, 2.05) is 26.0 Å². The molecule has 2 rings (SSSR count). The Labute approximate surface area is 176 Å². The van der Waals surface area contributed by atoms with Gasteiger partial charge in [-0.3, -0.25) is 4.98 Å². The number of hydrogen-bond donors (Lipinski definition) is 1. The number of nitrogens with zero attached hydrogens (tertiary/aromatic N) is 3. The van der Waals surface area contributed by atoms with E-state index in [2.05, 4.69) is 13.7 Å². The number of aliphatic hydroxyl groups excluding tert-OH is 1. The zero-order chi connectivity index (χ0) is 21.0. The van der Waals surface area contributed by atoms with Crippen LogP contribution in [0.3, 0.4) is 0 Å². The SMILES string of the molecule is CCOCCOCCO.CCOCCOCCOc1nsnc1-c1cccnc1. The van der Waals surface area contributed by atoms with E-state index in [1.54, 1.807) is 12.4 Å². The third-order valence-electron chi connectivity index (χ3n) is 3.25. The Bertz CT molecular complexity index is 597. The Morgan fingerprint density at radius 1 is 0.862 bits per heavy atom. The van der Waals surface area contributed by atoms with E-state index in [0.29, 0.717) is 58.7 Å². The third-order valence-corrected chi connectivity index (χ3v) is 3.76. The number of pyridine rings is 1. The molecule has 2 heterocycles. The van der Waals surface area contributed by atoms with Gasteiger partial charge in [0.25, 0.3) is 5.88 Å². The highest BCUT2D eigenvalue weighted by atomic mass is 32.1. The van der Waals surface area contributed by atoms with Gasteiger partial charge >= 0.3 is 0 Å². The van der Waals surface area contributed by atoms with Crippen molar-refractivity contribution in [1.29, 1.82) is 0 Å². The van der Waals surface area contributed by atoms with Crippen LogP contribution in [0.15, 0.2) is 24.5 Å². The van der Waals surface area contributed by atoms with Crippen molar-refractivity contribution >= 4 is 11.7 Å². The monoisotopic (exact) mass is 429 g/mol. The van der Waals surface area contributed by atoms with Gasteiger partial charge in [-0.1, -0.05) is 0 Å². The molecule has 10 heteroatoms. The number of rotatable bonds is 15. The zero-order valence-corrected chi connectivity index (χ0v) is 17.9. The first-order valence-electron chi connectivity index (χ1n) is 9.61. The lowest BCUT2D eigenvalue weighted by Gasteiger charge is -2.06. The highest BCUT2D eigenvalue weighted by Gasteiger charge is 2.11. The molecular formula is C19H31N3O6S. The van der Waals surface area contributed by atoms with Gasteiger partial charge in [-0.2, -0.15) is 4.37 Å². The van der Waals surface area contributed by atoms with E-state index in [9.17, 15) is 0 Å². The number of ether oxygens (including phenoxy) is 5. The van der Waals surface area contributed by atoms with Crippen LogP contribution in [-0.4, -0.2) is 84.9 Å². The second-order valence-electron chi connectivity index (χ2n) is 5.35. The van der Waals surface area contributed by atoms with Gasteiger partial charge in [0.15, 0.2) is 0 Å². The van der Waals surface area contributed by atoms with Crippen LogP contribution < -0.4 is 4.74 Å². The lowest BCUT2D eigenvalue weighted by molar-refractivity contribution is 0.0370. The van der Waals surface area contributed by atoms with Gasteiger partial charge in [-0.05, 0) is 26.0 Å². The first kappa shape index (κ1) is 25.3. The summed E-state index contributed by atoms with van der Waals surface area (Å²) in [5, 5.41) is 8.26. The summed E-state index contributed by atoms with van der Waals surface area (Å²) in [5.74, 6) is 0.524. The van der Waals surface area contributed by atoms with E-state index >= 15 is 0 Å². The number of aliphatic hydroxyl groups is 1. The molecule has 0 saturated carbocycles. The van der Waals surface area contributed by atoms with Crippen molar-refractivity contribution in [3.8, 4) is 17.1 Å². The molecule has 9 nitrogen and oxygen atoms in total. The van der Waals surface area contributed by atoms with Crippen molar-refractivity contribution in [2.45, 2.75) is 13.8 Å². The second-order valence-corrected chi connectivity index (χ2v) is 5.88. The summed E-state index contributed by atoms with van der Waals surface area (Å²) < 4.78 is 34.4. The van der Waals surface area contributed by atoms with E-state index in [0.717, 1.165) is 29.6 Å². The topological polar surface area (TPSA) is 105 Å². The van der Waals surface area contributed by atoms with Crippen LogP contribution in [0.25, 0.3) is 11.3 Å². The molecule has 1 N–H and O–H groups in total. The van der Waals surface area contributed by atoms with Crippen LogP contribution in [0.5, 0.6) is 5.88 Å². The van der Waals surface area contributed by atoms with Crippen LogP contribution in [0.1, 0.15) is 13.8 Å². The zero-order valence-electron chi connectivity index (χ0n) is 17.1. The molecule has 2 aromatic heterocycles. The maximum atomic E-state index is 8.26. The first-order chi connectivity index (χ1) is 14.3. The molecule has 0 saturated heterocycles. The summed E-state index contributed by atoms with van der Waals surface area (Å²) in [4.78, 5) is 4.06. The highest BCUT2D eigenvalue weighted by Crippen LogP contribution is 2.26. The van der Waals surface area contributed by atoms with E-state index < -0.39 is 0 Å². The highest BCUT2D eigenvalue weighted by molar-refractivity contribution is 6.99. The standard InChI is InChI=1S/C13H17N3O3S.C6H14O3/c1-2-17-6-7-18-8-9-19-13-12(15-20-16-13)11-4-3-5-14-10-11;1-2-8-5-6-9-4-3-7/h3-5,10H,2,6-9H2,1H3;7H,2-6H2,1H3. The normalized spacial score (nSPS) is 10.4. The molecule has 0 aliphatic heterocycles. The van der Waals surface area contributed by atoms with Gasteiger partial charge in [-0.15, -0.1) is 4.37 Å². The van der Waals surface area contributed by atoms with Crippen LogP contribution in [0.4, 0.5) is 0 Å². The molecule has 2 aromatic rings. The molecule has 0 aliphatic rings. The summed E-state index contributed by atoms with van der Waals surface area (Å²) in [7, 11) is 0. The van der Waals surface area contributed by atoms with Crippen LogP contribution in [0, 0.1) is 0 Å². The molecular weight excluding hydrogens is 398 g/mol. The minimum absolute atomic E-state index is 0.0894. The van der Waals surface area contributed by atoms with Crippen LogP contribution in [-0.2, 0) is 18.9 Å². The smallest absolute Gasteiger partial charge is 0.254 e. The predicted octanol–water partition coefficient (Wildman–Crippen LogP) is 2.06. The molecule has 164 valence electrons. The molecule has 0 radical (unpaired) electrons. The lowest BCUT2D eigenvalue weighted by Crippen LogP contribution is -2.11. The van der Waals surface area contributed by atoms with Crippen molar-refractivity contribution in [2.75, 3.05) is 66.1 Å². The summed E-state index contributed by atoms with van der Waals surface area (Å²) in [5.41, 5.74) is 1.62. The Kier molecular flexibility index (Phi) is 16.0. The molecule has 0 amide bonds. The fraction of sp³-hybridized carbons (Fsp3) is 0.632. The van der Waals surface area contributed by atoms with Gasteiger partial charge in [0, 0.05) is 31.2 Å². The Morgan fingerprint density at radius 3 is 2.14 bits per heavy atom. The largest absolute Gasteiger partial charge is 0.473 e. The number of aromatic nitrogens is 3. The first-order valence-corrected chi connectivity index (χ1v) is 10.3. The van der Waals surface area contributed by atoms with Crippen LogP contribution >= 0.6 is 11.7 Å². The van der Waals surface area contributed by atoms with E-state index in [4.69, 9.17) is 28.8 Å². The molecule has 0 bridgehead atoms. The average molecular weight is 430 g/mol. The third kappa shape index (κ3) is 12.5. The van der Waals surface area contributed by atoms with Crippen LogP contribution in [0.2, 0.25) is 0 Å². The van der Waals surface area contributed by atoms with Crippen molar-refractivity contribution in [3.63, 3.8) is 0 Å². The molecule has 0 aromatic carbocycles. The van der Waals surface area contributed by atoms with Gasteiger partial charge < -0.3 is 28.8 Å². The fourth-order valence-corrected chi connectivity index (χ4v) is 2.46. The minimum Gasteiger partial charge on any atom is -0.473 e. The second kappa shape index (κ2) is 18.3. The van der Waals surface area contributed by atoms with Crippen molar-refractivity contribution in [3.05, 3.63) is 24.5 Å². The maximum absolute atomic E-state index is 8.26. The van der Waals surface area contributed by atoms with Gasteiger partial charge in [0.05, 0.1) is 58.0 Å². The molecule has 0 unspecified atom stereocenters. The molecule has 0 fully saturated rings. The molecule has 0 aliphatic carbocycles. The quantitative estimate of drug-likeness (QED) is 0.426. The Balaban J connectivity index is 0.000000396. The van der Waals surface area contributed by atoms with E-state index in [1.165, 1.54) is 0 Å². The Morgan fingerprint density at radius 2 is 1.52 bits per heavy atom. The van der Waals surface area contributed by atoms with Gasteiger partial charge in [0.1, 0.15) is 12.3 Å². The fourth-order valence-electron chi connectivity index (χ4n) is 1.94. The Hall–Kier alpha value is -1.69. The van der Waals surface area contributed by atoms with Gasteiger partial charge in [0.2, 0.25) is 0 Å². The van der Waals surface area contributed by atoms with Gasteiger partial charge in [-0.25, -0.2) is 0 Å². The minimum atomic E-state index is 0.0894. The lowest BCUT2D eigenvalue weighted by atomic mass is 10.2. The van der Waals surface area contributed by atoms with Crippen molar-refractivity contribution in [2.24, 2.45) is 0 Å². The molecule has 0 atom stereocenters. The molecule has 0 spiro atoms. The summed E-state index contributed by atoms with van der Waals surface area (Å²) in [6, 6.07) is 3.78. The van der Waals surface area contributed by atoms with Crippen molar-refractivity contribution < 1.29 is 28.8 Å². The summed E-state index contributed by atoms with van der Waals surface area (Å²) in [6.07, 6.45) is 3.46. The van der Waals surface area contributed by atoms with E-state index in [-0.39, 0.29) is 6.61 Å². The summed E-state index contributed by atoms with van der Waals surface area (Å²) in [6.45, 7) is 9.13. The predicted molar refractivity (Wildman–Crippen MR) is 110 cm³/mol. The summed E-state index contributed by atoms with van der Waals surface area (Å²) >= 11 is 1.12. The number of hydrogen-bond acceptors (Lipinski definition) is 10. The molecule has 29 heavy (non-hydrogen) atoms. The maximum Gasteiger partial charge on any atom is 0.254 e. The average Bonchev–Trinajstić information content (AvgIpc) is 3.23.